The quantitative estimate of drug-likeness (QED) is 0.568. The Hall–Kier alpha value is -0.210. The highest BCUT2D eigenvalue weighted by Crippen LogP contribution is 2.24. The molecule has 0 atom stereocenters. The third-order valence-corrected chi connectivity index (χ3v) is 2.01. The molecule has 0 saturated carbocycles. The fourth-order valence-electron chi connectivity index (χ4n) is 0.798. The van der Waals surface area contributed by atoms with Gasteiger partial charge in [0.25, 0.3) is 0 Å². The average molecular weight is 142 g/mol. The lowest BCUT2D eigenvalue weighted by Crippen LogP contribution is -1.86. The molecule has 0 aliphatic heterocycles. The van der Waals surface area contributed by atoms with Crippen molar-refractivity contribution in [3.63, 3.8) is 0 Å². The number of allylic oxidation sites excluding steroid dienone is 4. The van der Waals surface area contributed by atoms with Crippen molar-refractivity contribution in [2.75, 3.05) is 0 Å². The third kappa shape index (κ3) is 1.88. The van der Waals surface area contributed by atoms with Gasteiger partial charge in [-0.3, -0.25) is 0 Å². The van der Waals surface area contributed by atoms with E-state index in [-0.39, 0.29) is 0 Å². The van der Waals surface area contributed by atoms with Gasteiger partial charge in [0.05, 0.1) is 0 Å². The van der Waals surface area contributed by atoms with Crippen LogP contribution in [0.25, 0.3) is 0 Å². The van der Waals surface area contributed by atoms with Gasteiger partial charge in [0.1, 0.15) is 0 Å². The molecule has 0 saturated heterocycles. The molecule has 0 unspecified atom stereocenters. The Bertz CT molecular complexity index is 158. The molecule has 0 radical (unpaired) electrons. The van der Waals surface area contributed by atoms with Crippen molar-refractivity contribution in [3.8, 4) is 0 Å². The molecule has 1 aliphatic rings. The highest BCUT2D eigenvalue weighted by Gasteiger charge is 2.01. The van der Waals surface area contributed by atoms with Crippen LogP contribution in [0.4, 0.5) is 0 Å². The molecule has 9 heavy (non-hydrogen) atoms. The molecule has 1 aliphatic carbocycles. The summed E-state index contributed by atoms with van der Waals surface area (Å²) >= 11 is 0.864. The summed E-state index contributed by atoms with van der Waals surface area (Å²) in [6.07, 6.45) is 6.13. The first-order valence-corrected chi connectivity index (χ1v) is 3.78. The SMILES string of the molecule is CC1=CC=C(SO)CC1. The van der Waals surface area contributed by atoms with E-state index in [9.17, 15) is 0 Å². The molecular weight excluding hydrogens is 132 g/mol. The Balaban J connectivity index is 2.59. The van der Waals surface area contributed by atoms with Crippen LogP contribution in [0, 0.1) is 0 Å². The Morgan fingerprint density at radius 1 is 1.44 bits per heavy atom. The molecule has 0 aromatic heterocycles. The van der Waals surface area contributed by atoms with E-state index < -0.39 is 0 Å². The number of hydrogen-bond donors (Lipinski definition) is 1. The van der Waals surface area contributed by atoms with Crippen molar-refractivity contribution in [2.24, 2.45) is 0 Å². The molecule has 50 valence electrons. The molecule has 2 heteroatoms. The van der Waals surface area contributed by atoms with Crippen LogP contribution in [0.5, 0.6) is 0 Å². The van der Waals surface area contributed by atoms with E-state index in [1.165, 1.54) is 5.57 Å². The minimum Gasteiger partial charge on any atom is -0.326 e. The van der Waals surface area contributed by atoms with Crippen LogP contribution < -0.4 is 0 Å². The summed E-state index contributed by atoms with van der Waals surface area (Å²) in [5, 5.41) is 0. The van der Waals surface area contributed by atoms with E-state index in [0.29, 0.717) is 0 Å². The zero-order valence-electron chi connectivity index (χ0n) is 5.42. The molecule has 0 fully saturated rings. The molecule has 0 amide bonds. The monoisotopic (exact) mass is 142 g/mol. The van der Waals surface area contributed by atoms with E-state index >= 15 is 0 Å². The van der Waals surface area contributed by atoms with Gasteiger partial charge < -0.3 is 4.55 Å². The molecule has 1 rings (SSSR count). The molecule has 1 N–H and O–H groups in total. The second kappa shape index (κ2) is 3.08. The average Bonchev–Trinajstić information content (AvgIpc) is 1.90. The van der Waals surface area contributed by atoms with Crippen molar-refractivity contribution in [1.82, 2.24) is 0 Å². The number of rotatable bonds is 1. The van der Waals surface area contributed by atoms with Crippen LogP contribution in [-0.2, 0) is 0 Å². The van der Waals surface area contributed by atoms with Crippen LogP contribution in [0.3, 0.4) is 0 Å². The minimum atomic E-state index is 0.864. The maximum absolute atomic E-state index is 8.60. The third-order valence-electron chi connectivity index (χ3n) is 1.44. The molecular formula is C7H10OS. The zero-order valence-corrected chi connectivity index (χ0v) is 6.24. The lowest BCUT2D eigenvalue weighted by molar-refractivity contribution is 0.666. The molecule has 0 heterocycles. The molecule has 1 nitrogen and oxygen atoms in total. The van der Waals surface area contributed by atoms with Crippen LogP contribution in [0.15, 0.2) is 22.6 Å². The highest BCUT2D eigenvalue weighted by atomic mass is 32.2. The summed E-state index contributed by atoms with van der Waals surface area (Å²) < 4.78 is 8.60. The van der Waals surface area contributed by atoms with E-state index in [1.807, 2.05) is 6.08 Å². The molecule has 0 bridgehead atoms. The maximum Gasteiger partial charge on any atom is 0.0199 e. The molecule has 0 aromatic rings. The van der Waals surface area contributed by atoms with Crippen molar-refractivity contribution in [1.29, 1.82) is 0 Å². The van der Waals surface area contributed by atoms with Crippen LogP contribution >= 0.6 is 12.0 Å². The van der Waals surface area contributed by atoms with Crippen LogP contribution in [-0.4, -0.2) is 4.55 Å². The predicted molar refractivity (Wildman–Crippen MR) is 41.3 cm³/mol. The minimum absolute atomic E-state index is 0.864. The van der Waals surface area contributed by atoms with Gasteiger partial charge in [0.15, 0.2) is 0 Å². The van der Waals surface area contributed by atoms with Gasteiger partial charge in [0, 0.05) is 16.9 Å². The zero-order chi connectivity index (χ0) is 6.69. The maximum atomic E-state index is 8.60. The Labute approximate surface area is 59.7 Å². The van der Waals surface area contributed by atoms with Crippen molar-refractivity contribution in [3.05, 3.63) is 22.6 Å². The first-order valence-electron chi connectivity index (χ1n) is 3.00. The smallest absolute Gasteiger partial charge is 0.0199 e. The first kappa shape index (κ1) is 6.90. The standard InChI is InChI=1S/C7H10OS/c1-6-2-4-7(9-8)5-3-6/h2,4,8H,3,5H2,1H3. The van der Waals surface area contributed by atoms with Gasteiger partial charge in [0.2, 0.25) is 0 Å². The second-order valence-electron chi connectivity index (χ2n) is 2.24. The fraction of sp³-hybridized carbons (Fsp3) is 0.429. The summed E-state index contributed by atoms with van der Waals surface area (Å²) in [5.74, 6) is 0. The molecule has 0 spiro atoms. The lowest BCUT2D eigenvalue weighted by Gasteiger charge is -2.06. The normalized spacial score (nSPS) is 18.9. The summed E-state index contributed by atoms with van der Waals surface area (Å²) in [6.45, 7) is 2.11. The van der Waals surface area contributed by atoms with E-state index in [2.05, 4.69) is 13.0 Å². The van der Waals surface area contributed by atoms with Gasteiger partial charge in [-0.2, -0.15) is 0 Å². The Kier molecular flexibility index (Phi) is 2.37. The largest absolute Gasteiger partial charge is 0.326 e. The first-order chi connectivity index (χ1) is 4.33. The van der Waals surface area contributed by atoms with Gasteiger partial charge in [-0.15, -0.1) is 0 Å². The van der Waals surface area contributed by atoms with Crippen LogP contribution in [0.1, 0.15) is 19.8 Å². The van der Waals surface area contributed by atoms with Gasteiger partial charge in [-0.1, -0.05) is 17.7 Å². The van der Waals surface area contributed by atoms with E-state index in [0.717, 1.165) is 29.8 Å². The van der Waals surface area contributed by atoms with Crippen LogP contribution in [0.2, 0.25) is 0 Å². The summed E-state index contributed by atoms with van der Waals surface area (Å²) in [6, 6.07) is 0. The highest BCUT2D eigenvalue weighted by molar-refractivity contribution is 7.97. The van der Waals surface area contributed by atoms with Crippen molar-refractivity contribution in [2.45, 2.75) is 19.8 Å². The van der Waals surface area contributed by atoms with Gasteiger partial charge in [-0.25, -0.2) is 0 Å². The van der Waals surface area contributed by atoms with Gasteiger partial charge >= 0.3 is 0 Å². The van der Waals surface area contributed by atoms with Crippen molar-refractivity contribution >= 4 is 12.0 Å². The fourth-order valence-corrected chi connectivity index (χ4v) is 1.12. The predicted octanol–water partition coefficient (Wildman–Crippen LogP) is 2.82. The molecule has 0 aromatic carbocycles. The second-order valence-corrected chi connectivity index (χ2v) is 2.94. The summed E-state index contributed by atoms with van der Waals surface area (Å²) in [5.41, 5.74) is 1.40. The summed E-state index contributed by atoms with van der Waals surface area (Å²) in [4.78, 5) is 1.07. The van der Waals surface area contributed by atoms with Crippen molar-refractivity contribution < 1.29 is 4.55 Å². The van der Waals surface area contributed by atoms with E-state index in [1.54, 1.807) is 0 Å². The van der Waals surface area contributed by atoms with Gasteiger partial charge in [-0.05, 0) is 19.8 Å². The lowest BCUT2D eigenvalue weighted by atomic mass is 10.1. The Morgan fingerprint density at radius 3 is 2.67 bits per heavy atom. The van der Waals surface area contributed by atoms with E-state index in [4.69, 9.17) is 4.55 Å². The Morgan fingerprint density at radius 2 is 2.22 bits per heavy atom. The number of hydrogen-bond acceptors (Lipinski definition) is 2. The topological polar surface area (TPSA) is 20.2 Å². The summed E-state index contributed by atoms with van der Waals surface area (Å²) in [7, 11) is 0.